The number of unbranched alkanes of at least 4 members (excludes halogenated alkanes) is 1. The highest BCUT2D eigenvalue weighted by Gasteiger charge is 2.20. The molecule has 2 heteroatoms. The van der Waals surface area contributed by atoms with Gasteiger partial charge < -0.3 is 4.90 Å². The predicted octanol–water partition coefficient (Wildman–Crippen LogP) is 4.15. The minimum Gasteiger partial charge on any atom is -0.303 e. The third-order valence-electron chi connectivity index (χ3n) is 3.88. The van der Waals surface area contributed by atoms with Crippen molar-refractivity contribution in [3.05, 3.63) is 0 Å². The first-order valence-corrected chi connectivity index (χ1v) is 7.61. The lowest BCUT2D eigenvalue weighted by Crippen LogP contribution is -2.39. The summed E-state index contributed by atoms with van der Waals surface area (Å²) >= 11 is 5.97. The van der Waals surface area contributed by atoms with Gasteiger partial charge in [0.15, 0.2) is 0 Å². The highest BCUT2D eigenvalue weighted by Crippen LogP contribution is 2.21. The van der Waals surface area contributed by atoms with Crippen LogP contribution in [0.15, 0.2) is 0 Å². The lowest BCUT2D eigenvalue weighted by Gasteiger charge is -2.34. The van der Waals surface area contributed by atoms with Crippen LogP contribution < -0.4 is 0 Å². The largest absolute Gasteiger partial charge is 0.303 e. The average Bonchev–Trinajstić information content (AvgIpc) is 2.34. The highest BCUT2D eigenvalue weighted by molar-refractivity contribution is 6.18. The lowest BCUT2D eigenvalue weighted by molar-refractivity contribution is 0.154. The zero-order valence-corrected chi connectivity index (χ0v) is 11.8. The van der Waals surface area contributed by atoms with Crippen LogP contribution in [-0.4, -0.2) is 30.4 Å². The maximum absolute atomic E-state index is 5.97. The molecule has 0 bridgehead atoms. The van der Waals surface area contributed by atoms with Gasteiger partial charge in [-0.05, 0) is 37.6 Å². The first kappa shape index (κ1) is 14.3. The molecule has 0 amide bonds. The van der Waals surface area contributed by atoms with E-state index in [1.165, 1.54) is 58.2 Å². The molecular formula is C14H28ClN. The second-order valence-electron chi connectivity index (χ2n) is 5.34. The Morgan fingerprint density at radius 1 is 1.38 bits per heavy atom. The molecule has 0 radical (unpaired) electrons. The standard InChI is InChI=1S/C14H28ClN/c1-3-5-7-13(4-2)11-16-9-6-8-14(10-15)12-16/h13-14H,3-12H2,1-2H3. The molecule has 0 aromatic rings. The summed E-state index contributed by atoms with van der Waals surface area (Å²) in [5, 5.41) is 0. The average molecular weight is 246 g/mol. The van der Waals surface area contributed by atoms with Crippen molar-refractivity contribution in [1.82, 2.24) is 4.90 Å². The summed E-state index contributed by atoms with van der Waals surface area (Å²) in [6, 6.07) is 0. The van der Waals surface area contributed by atoms with Gasteiger partial charge >= 0.3 is 0 Å². The predicted molar refractivity (Wildman–Crippen MR) is 73.2 cm³/mol. The number of hydrogen-bond acceptors (Lipinski definition) is 1. The Kier molecular flexibility index (Phi) is 7.47. The molecule has 1 heterocycles. The molecule has 1 aliphatic rings. The van der Waals surface area contributed by atoms with Gasteiger partial charge in [-0.1, -0.05) is 33.1 Å². The number of piperidine rings is 1. The molecule has 1 aliphatic heterocycles. The van der Waals surface area contributed by atoms with E-state index in [0.717, 1.165) is 17.7 Å². The van der Waals surface area contributed by atoms with Crippen molar-refractivity contribution in [2.75, 3.05) is 25.5 Å². The third-order valence-corrected chi connectivity index (χ3v) is 4.32. The molecule has 96 valence electrons. The maximum Gasteiger partial charge on any atom is 0.0263 e. The quantitative estimate of drug-likeness (QED) is 0.609. The molecule has 2 unspecified atom stereocenters. The van der Waals surface area contributed by atoms with Crippen LogP contribution in [0.3, 0.4) is 0 Å². The molecule has 1 fully saturated rings. The molecule has 1 saturated heterocycles. The Bertz CT molecular complexity index is 172. The minimum atomic E-state index is 0.749. The van der Waals surface area contributed by atoms with Crippen molar-refractivity contribution in [2.24, 2.45) is 11.8 Å². The summed E-state index contributed by atoms with van der Waals surface area (Å²) < 4.78 is 0. The van der Waals surface area contributed by atoms with E-state index >= 15 is 0 Å². The molecule has 0 aromatic carbocycles. The summed E-state index contributed by atoms with van der Waals surface area (Å²) in [5.74, 6) is 2.51. The molecule has 1 rings (SSSR count). The van der Waals surface area contributed by atoms with E-state index in [2.05, 4.69) is 18.7 Å². The number of rotatable bonds is 7. The van der Waals surface area contributed by atoms with Crippen LogP contribution in [0.4, 0.5) is 0 Å². The smallest absolute Gasteiger partial charge is 0.0263 e. The van der Waals surface area contributed by atoms with Crippen molar-refractivity contribution in [1.29, 1.82) is 0 Å². The summed E-state index contributed by atoms with van der Waals surface area (Å²) in [4.78, 5) is 2.65. The summed E-state index contributed by atoms with van der Waals surface area (Å²) in [6.07, 6.45) is 8.16. The van der Waals surface area contributed by atoms with Gasteiger partial charge in [-0.3, -0.25) is 0 Å². The zero-order chi connectivity index (χ0) is 11.8. The van der Waals surface area contributed by atoms with Crippen molar-refractivity contribution in [2.45, 2.75) is 52.4 Å². The van der Waals surface area contributed by atoms with Gasteiger partial charge in [-0.15, -0.1) is 11.6 Å². The van der Waals surface area contributed by atoms with E-state index in [0.29, 0.717) is 0 Å². The number of nitrogens with zero attached hydrogens (tertiary/aromatic N) is 1. The monoisotopic (exact) mass is 245 g/mol. The third kappa shape index (κ3) is 5.05. The fourth-order valence-electron chi connectivity index (χ4n) is 2.73. The molecule has 0 aromatic heterocycles. The zero-order valence-electron chi connectivity index (χ0n) is 11.1. The van der Waals surface area contributed by atoms with Crippen LogP contribution in [0.2, 0.25) is 0 Å². The Labute approximate surface area is 107 Å². The van der Waals surface area contributed by atoms with Crippen LogP contribution >= 0.6 is 11.6 Å². The SMILES string of the molecule is CCCCC(CC)CN1CCCC(CCl)C1. The van der Waals surface area contributed by atoms with Gasteiger partial charge in [-0.25, -0.2) is 0 Å². The fraction of sp³-hybridized carbons (Fsp3) is 1.00. The molecule has 0 saturated carbocycles. The van der Waals surface area contributed by atoms with Gasteiger partial charge in [0.05, 0.1) is 0 Å². The Hall–Kier alpha value is 0.250. The molecule has 0 aliphatic carbocycles. The molecule has 1 nitrogen and oxygen atoms in total. The van der Waals surface area contributed by atoms with Crippen molar-refractivity contribution < 1.29 is 0 Å². The van der Waals surface area contributed by atoms with Crippen LogP contribution in [0.5, 0.6) is 0 Å². The normalized spacial score (nSPS) is 24.6. The topological polar surface area (TPSA) is 3.24 Å². The van der Waals surface area contributed by atoms with Crippen LogP contribution in [0.1, 0.15) is 52.4 Å². The second kappa shape index (κ2) is 8.36. The maximum atomic E-state index is 5.97. The van der Waals surface area contributed by atoms with Crippen molar-refractivity contribution >= 4 is 11.6 Å². The van der Waals surface area contributed by atoms with E-state index < -0.39 is 0 Å². The minimum absolute atomic E-state index is 0.749. The highest BCUT2D eigenvalue weighted by atomic mass is 35.5. The van der Waals surface area contributed by atoms with Gasteiger partial charge in [0.1, 0.15) is 0 Å². The van der Waals surface area contributed by atoms with Gasteiger partial charge in [-0.2, -0.15) is 0 Å². The van der Waals surface area contributed by atoms with Crippen LogP contribution in [0.25, 0.3) is 0 Å². The van der Waals surface area contributed by atoms with Gasteiger partial charge in [0.25, 0.3) is 0 Å². The molecule has 0 spiro atoms. The second-order valence-corrected chi connectivity index (χ2v) is 5.65. The Morgan fingerprint density at radius 3 is 2.81 bits per heavy atom. The van der Waals surface area contributed by atoms with Crippen molar-refractivity contribution in [3.63, 3.8) is 0 Å². The molecule has 2 atom stereocenters. The summed E-state index contributed by atoms with van der Waals surface area (Å²) in [6.45, 7) is 8.48. The number of halogens is 1. The summed E-state index contributed by atoms with van der Waals surface area (Å²) in [5.41, 5.74) is 0. The summed E-state index contributed by atoms with van der Waals surface area (Å²) in [7, 11) is 0. The molecule has 16 heavy (non-hydrogen) atoms. The van der Waals surface area contributed by atoms with E-state index in [1.807, 2.05) is 0 Å². The van der Waals surface area contributed by atoms with Gasteiger partial charge in [0, 0.05) is 19.0 Å². The lowest BCUT2D eigenvalue weighted by atomic mass is 9.95. The van der Waals surface area contributed by atoms with E-state index in [-0.39, 0.29) is 0 Å². The number of alkyl halides is 1. The number of likely N-dealkylation sites (tertiary alicyclic amines) is 1. The number of hydrogen-bond donors (Lipinski definition) is 0. The van der Waals surface area contributed by atoms with Gasteiger partial charge in [0.2, 0.25) is 0 Å². The van der Waals surface area contributed by atoms with Crippen molar-refractivity contribution in [3.8, 4) is 0 Å². The Balaban J connectivity index is 2.27. The molecule has 0 N–H and O–H groups in total. The van der Waals surface area contributed by atoms with E-state index in [1.54, 1.807) is 0 Å². The van der Waals surface area contributed by atoms with Crippen LogP contribution in [-0.2, 0) is 0 Å². The van der Waals surface area contributed by atoms with E-state index in [9.17, 15) is 0 Å². The molecular weight excluding hydrogens is 218 g/mol. The van der Waals surface area contributed by atoms with Crippen LogP contribution in [0, 0.1) is 11.8 Å². The van der Waals surface area contributed by atoms with E-state index in [4.69, 9.17) is 11.6 Å². The Morgan fingerprint density at radius 2 is 2.19 bits per heavy atom. The first-order valence-electron chi connectivity index (χ1n) is 7.08. The first-order chi connectivity index (χ1) is 7.80. The fourth-order valence-corrected chi connectivity index (χ4v) is 2.98.